The molecule has 1 aliphatic heterocycles. The summed E-state index contributed by atoms with van der Waals surface area (Å²) in [5, 5.41) is 3.42. The minimum absolute atomic E-state index is 0.911. The van der Waals surface area contributed by atoms with Crippen LogP contribution in [0.15, 0.2) is 16.5 Å². The fourth-order valence-electron chi connectivity index (χ4n) is 2.53. The molecule has 0 spiro atoms. The van der Waals surface area contributed by atoms with Gasteiger partial charge >= 0.3 is 0 Å². The number of nitrogens with one attached hydrogen (secondary N) is 1. The van der Waals surface area contributed by atoms with Crippen LogP contribution in [0.25, 0.3) is 0 Å². The van der Waals surface area contributed by atoms with Gasteiger partial charge in [0.25, 0.3) is 0 Å². The molecule has 0 radical (unpaired) electrons. The molecule has 0 bridgehead atoms. The van der Waals surface area contributed by atoms with Gasteiger partial charge in [-0.2, -0.15) is 0 Å². The van der Waals surface area contributed by atoms with Crippen LogP contribution in [-0.4, -0.2) is 31.6 Å². The van der Waals surface area contributed by atoms with Crippen molar-refractivity contribution in [2.45, 2.75) is 32.7 Å². The highest BCUT2D eigenvalue weighted by molar-refractivity contribution is 5.05. The average molecular weight is 236 g/mol. The van der Waals surface area contributed by atoms with E-state index in [-0.39, 0.29) is 0 Å². The van der Waals surface area contributed by atoms with Gasteiger partial charge in [-0.05, 0) is 70.9 Å². The Morgan fingerprint density at radius 2 is 2.35 bits per heavy atom. The second-order valence-electron chi connectivity index (χ2n) is 5.25. The molecule has 1 aromatic heterocycles. The molecule has 2 heterocycles. The summed E-state index contributed by atoms with van der Waals surface area (Å²) >= 11 is 0. The van der Waals surface area contributed by atoms with Crippen molar-refractivity contribution in [3.63, 3.8) is 0 Å². The van der Waals surface area contributed by atoms with Gasteiger partial charge in [0, 0.05) is 0 Å². The highest BCUT2D eigenvalue weighted by Crippen LogP contribution is 2.15. The second-order valence-corrected chi connectivity index (χ2v) is 5.25. The molecule has 0 saturated carbocycles. The number of hydrogen-bond acceptors (Lipinski definition) is 3. The Hall–Kier alpha value is -0.800. The monoisotopic (exact) mass is 236 g/mol. The molecule has 1 unspecified atom stereocenters. The molecule has 1 aromatic rings. The molecular weight excluding hydrogens is 212 g/mol. The first-order valence-electron chi connectivity index (χ1n) is 6.68. The van der Waals surface area contributed by atoms with Gasteiger partial charge in [-0.25, -0.2) is 0 Å². The Morgan fingerprint density at radius 3 is 3.00 bits per heavy atom. The summed E-state index contributed by atoms with van der Waals surface area (Å²) in [5.41, 5.74) is 0. The van der Waals surface area contributed by atoms with E-state index >= 15 is 0 Å². The molecule has 1 N–H and O–H groups in total. The number of rotatable bonds is 6. The molecule has 1 aliphatic rings. The quantitative estimate of drug-likeness (QED) is 0.822. The summed E-state index contributed by atoms with van der Waals surface area (Å²) in [6.45, 7) is 6.52. The minimum atomic E-state index is 0.911. The maximum Gasteiger partial charge on any atom is 0.118 e. The lowest BCUT2D eigenvalue weighted by molar-refractivity contribution is 0.279. The minimum Gasteiger partial charge on any atom is -0.465 e. The van der Waals surface area contributed by atoms with Gasteiger partial charge in [-0.3, -0.25) is 4.90 Å². The fraction of sp³-hybridized carbons (Fsp3) is 0.714. The van der Waals surface area contributed by atoms with E-state index in [1.165, 1.54) is 32.4 Å². The lowest BCUT2D eigenvalue weighted by atomic mass is 10.0. The number of furan rings is 1. The van der Waals surface area contributed by atoms with E-state index in [0.717, 1.165) is 30.5 Å². The van der Waals surface area contributed by atoms with Crippen molar-refractivity contribution in [3.8, 4) is 0 Å². The normalized spacial score (nSPS) is 20.3. The second kappa shape index (κ2) is 6.22. The van der Waals surface area contributed by atoms with Crippen LogP contribution >= 0.6 is 0 Å². The van der Waals surface area contributed by atoms with Crippen LogP contribution in [0.2, 0.25) is 0 Å². The first-order valence-corrected chi connectivity index (χ1v) is 6.68. The fourth-order valence-corrected chi connectivity index (χ4v) is 2.53. The summed E-state index contributed by atoms with van der Waals surface area (Å²) in [5.74, 6) is 2.99. The zero-order chi connectivity index (χ0) is 12.1. The van der Waals surface area contributed by atoms with Gasteiger partial charge in [0.2, 0.25) is 0 Å². The van der Waals surface area contributed by atoms with Crippen LogP contribution in [0.1, 0.15) is 30.8 Å². The maximum absolute atomic E-state index is 5.58. The predicted octanol–water partition coefficient (Wildman–Crippen LogP) is 2.41. The Labute approximate surface area is 104 Å². The summed E-state index contributed by atoms with van der Waals surface area (Å²) < 4.78 is 5.58. The molecule has 2 rings (SSSR count). The molecule has 1 atom stereocenters. The molecule has 17 heavy (non-hydrogen) atoms. The number of aryl methyl sites for hydroxylation is 1. The van der Waals surface area contributed by atoms with Crippen molar-refractivity contribution < 1.29 is 4.42 Å². The molecule has 0 aliphatic carbocycles. The summed E-state index contributed by atoms with van der Waals surface area (Å²) in [6, 6.07) is 4.11. The predicted molar refractivity (Wildman–Crippen MR) is 70.0 cm³/mol. The lowest BCUT2D eigenvalue weighted by Crippen LogP contribution is -2.19. The van der Waals surface area contributed by atoms with Crippen LogP contribution in [0.3, 0.4) is 0 Å². The van der Waals surface area contributed by atoms with Crippen LogP contribution in [0.5, 0.6) is 0 Å². The molecule has 3 heteroatoms. The van der Waals surface area contributed by atoms with Gasteiger partial charge in [0.1, 0.15) is 11.5 Å². The molecule has 3 nitrogen and oxygen atoms in total. The van der Waals surface area contributed by atoms with Gasteiger partial charge in [0.05, 0.1) is 6.54 Å². The molecule has 1 fully saturated rings. The van der Waals surface area contributed by atoms with E-state index in [1.807, 2.05) is 13.0 Å². The summed E-state index contributed by atoms with van der Waals surface area (Å²) in [6.07, 6.45) is 4.01. The van der Waals surface area contributed by atoms with Crippen molar-refractivity contribution in [1.82, 2.24) is 10.2 Å². The average Bonchev–Trinajstić information content (AvgIpc) is 2.90. The van der Waals surface area contributed by atoms with Crippen molar-refractivity contribution >= 4 is 0 Å². The largest absolute Gasteiger partial charge is 0.465 e. The van der Waals surface area contributed by atoms with E-state index in [2.05, 4.69) is 23.3 Å². The van der Waals surface area contributed by atoms with E-state index < -0.39 is 0 Å². The van der Waals surface area contributed by atoms with Gasteiger partial charge in [0.15, 0.2) is 0 Å². The third-order valence-electron chi connectivity index (χ3n) is 3.54. The Kier molecular flexibility index (Phi) is 4.63. The first-order chi connectivity index (χ1) is 8.24. The molecular formula is C14H24N2O. The van der Waals surface area contributed by atoms with Gasteiger partial charge in [-0.1, -0.05) is 0 Å². The Balaban J connectivity index is 1.61. The zero-order valence-electron chi connectivity index (χ0n) is 11.0. The molecule has 96 valence electrons. The Bertz CT molecular complexity index is 329. The van der Waals surface area contributed by atoms with Crippen LogP contribution in [0, 0.1) is 12.8 Å². The lowest BCUT2D eigenvalue weighted by Gasteiger charge is -2.16. The SMILES string of the molecule is Cc1ccc(CN(C)CCCC2CCNC2)o1. The van der Waals surface area contributed by atoms with Gasteiger partial charge in [-0.15, -0.1) is 0 Å². The Morgan fingerprint density at radius 1 is 1.47 bits per heavy atom. The number of hydrogen-bond donors (Lipinski definition) is 1. The highest BCUT2D eigenvalue weighted by atomic mass is 16.3. The molecule has 0 amide bonds. The standard InChI is InChI=1S/C14H24N2O/c1-12-5-6-14(17-12)11-16(2)9-3-4-13-7-8-15-10-13/h5-6,13,15H,3-4,7-11H2,1-2H3. The van der Waals surface area contributed by atoms with E-state index in [9.17, 15) is 0 Å². The number of nitrogens with zero attached hydrogens (tertiary/aromatic N) is 1. The smallest absolute Gasteiger partial charge is 0.118 e. The maximum atomic E-state index is 5.58. The van der Waals surface area contributed by atoms with Crippen molar-refractivity contribution in [1.29, 1.82) is 0 Å². The van der Waals surface area contributed by atoms with E-state index in [1.54, 1.807) is 0 Å². The van der Waals surface area contributed by atoms with Crippen molar-refractivity contribution in [2.24, 2.45) is 5.92 Å². The molecule has 0 aromatic carbocycles. The zero-order valence-corrected chi connectivity index (χ0v) is 11.0. The van der Waals surface area contributed by atoms with Gasteiger partial charge < -0.3 is 9.73 Å². The van der Waals surface area contributed by atoms with Crippen LogP contribution in [0.4, 0.5) is 0 Å². The highest BCUT2D eigenvalue weighted by Gasteiger charge is 2.14. The third-order valence-corrected chi connectivity index (χ3v) is 3.54. The van der Waals surface area contributed by atoms with Crippen molar-refractivity contribution in [3.05, 3.63) is 23.7 Å². The van der Waals surface area contributed by atoms with Crippen LogP contribution in [-0.2, 0) is 6.54 Å². The van der Waals surface area contributed by atoms with E-state index in [0.29, 0.717) is 0 Å². The van der Waals surface area contributed by atoms with E-state index in [4.69, 9.17) is 4.42 Å². The van der Waals surface area contributed by atoms with Crippen LogP contribution < -0.4 is 5.32 Å². The third kappa shape index (κ3) is 4.17. The first kappa shape index (κ1) is 12.7. The topological polar surface area (TPSA) is 28.4 Å². The summed E-state index contributed by atoms with van der Waals surface area (Å²) in [7, 11) is 2.17. The molecule has 1 saturated heterocycles. The summed E-state index contributed by atoms with van der Waals surface area (Å²) in [4.78, 5) is 2.35. The van der Waals surface area contributed by atoms with Crippen molar-refractivity contribution in [2.75, 3.05) is 26.7 Å².